The van der Waals surface area contributed by atoms with Crippen LogP contribution in [-0.2, 0) is 28.9 Å². The summed E-state index contributed by atoms with van der Waals surface area (Å²) in [5, 5.41) is 6.12. The van der Waals surface area contributed by atoms with Crippen molar-refractivity contribution in [2.45, 2.75) is 58.0 Å². The normalized spacial score (nSPS) is 17.9. The fourth-order valence-corrected chi connectivity index (χ4v) is 6.57. The van der Waals surface area contributed by atoms with Gasteiger partial charge < -0.3 is 19.1 Å². The predicted molar refractivity (Wildman–Crippen MR) is 147 cm³/mol. The molecule has 0 saturated carbocycles. The molecule has 8 nitrogen and oxygen atoms in total. The van der Waals surface area contributed by atoms with E-state index in [1.54, 1.807) is 25.4 Å². The third kappa shape index (κ3) is 4.16. The molecule has 1 amide bonds. The number of fused-ring (bicyclic) bond motifs is 3. The van der Waals surface area contributed by atoms with Crippen LogP contribution < -0.4 is 4.90 Å². The van der Waals surface area contributed by atoms with Gasteiger partial charge in [0.25, 0.3) is 6.43 Å². The summed E-state index contributed by atoms with van der Waals surface area (Å²) in [5.74, 6) is 0.824. The Kier molecular flexibility index (Phi) is 6.30. The molecule has 1 aromatic carbocycles. The summed E-state index contributed by atoms with van der Waals surface area (Å²) in [5.41, 5.74) is 5.25. The maximum absolute atomic E-state index is 14.7. The van der Waals surface area contributed by atoms with Gasteiger partial charge in [0.05, 0.1) is 30.0 Å². The molecule has 40 heavy (non-hydrogen) atoms. The van der Waals surface area contributed by atoms with Gasteiger partial charge in [-0.05, 0) is 55.5 Å². The number of amides is 1. The molecule has 0 N–H and O–H groups in total. The Balaban J connectivity index is 1.36. The van der Waals surface area contributed by atoms with Crippen LogP contribution in [0.15, 0.2) is 42.9 Å². The van der Waals surface area contributed by atoms with E-state index in [0.717, 1.165) is 71.3 Å². The lowest BCUT2D eigenvalue weighted by Gasteiger charge is -2.33. The number of alkyl halides is 2. The van der Waals surface area contributed by atoms with Crippen LogP contribution in [0.1, 0.15) is 61.0 Å². The van der Waals surface area contributed by atoms with Gasteiger partial charge in [-0.25, -0.2) is 8.78 Å². The average Bonchev–Trinajstić information content (AvgIpc) is 3.58. The van der Waals surface area contributed by atoms with Crippen LogP contribution in [0.2, 0.25) is 0 Å². The van der Waals surface area contributed by atoms with Gasteiger partial charge in [0.1, 0.15) is 0 Å². The third-order valence-corrected chi connectivity index (χ3v) is 8.64. The molecule has 7 rings (SSSR count). The minimum Gasteiger partial charge on any atom is -0.381 e. The second-order valence-electron chi connectivity index (χ2n) is 10.9. The summed E-state index contributed by atoms with van der Waals surface area (Å²) in [7, 11) is 0. The highest BCUT2D eigenvalue weighted by atomic mass is 19.3. The van der Waals surface area contributed by atoms with Crippen molar-refractivity contribution < 1.29 is 18.3 Å². The molecule has 0 atom stereocenters. The molecule has 4 aromatic rings. The smallest absolute Gasteiger partial charge is 0.265 e. The van der Waals surface area contributed by atoms with Gasteiger partial charge >= 0.3 is 0 Å². The quantitative estimate of drug-likeness (QED) is 0.338. The van der Waals surface area contributed by atoms with Crippen molar-refractivity contribution in [3.63, 3.8) is 0 Å². The van der Waals surface area contributed by atoms with E-state index in [2.05, 4.69) is 14.6 Å². The van der Waals surface area contributed by atoms with Crippen molar-refractivity contribution in [2.75, 3.05) is 31.2 Å². The monoisotopic (exact) mass is 546 g/mol. The van der Waals surface area contributed by atoms with Crippen LogP contribution in [0.4, 0.5) is 20.3 Å². The first kappa shape index (κ1) is 25.2. The van der Waals surface area contributed by atoms with Gasteiger partial charge in [0.15, 0.2) is 5.82 Å². The number of nitrogens with zero attached hydrogens (tertiary/aromatic N) is 6. The Labute approximate surface area is 231 Å². The molecule has 1 fully saturated rings. The minimum absolute atomic E-state index is 0.0184. The number of carbonyl (C=O) groups excluding carboxylic acids is 1. The molecule has 3 aromatic heterocycles. The first-order valence-corrected chi connectivity index (χ1v) is 14.1. The predicted octanol–water partition coefficient (Wildman–Crippen LogP) is 5.50. The second-order valence-corrected chi connectivity index (χ2v) is 10.9. The molecule has 0 unspecified atom stereocenters. The first-order chi connectivity index (χ1) is 19.5. The fraction of sp³-hybridized carbons (Fsp3) is 0.433. The molecule has 1 saturated heterocycles. The van der Waals surface area contributed by atoms with Crippen LogP contribution in [-0.4, -0.2) is 56.4 Å². The van der Waals surface area contributed by atoms with E-state index in [9.17, 15) is 13.6 Å². The van der Waals surface area contributed by atoms with Gasteiger partial charge in [-0.3, -0.25) is 14.5 Å². The number of rotatable bonds is 4. The number of hydrogen-bond donors (Lipinski definition) is 0. The van der Waals surface area contributed by atoms with Gasteiger partial charge in [-0.1, -0.05) is 0 Å². The number of ether oxygens (including phenoxy) is 1. The van der Waals surface area contributed by atoms with E-state index in [4.69, 9.17) is 9.84 Å². The highest BCUT2D eigenvalue weighted by Gasteiger charge is 2.34. The number of pyridine rings is 1. The third-order valence-electron chi connectivity index (χ3n) is 8.64. The summed E-state index contributed by atoms with van der Waals surface area (Å²) >= 11 is 0. The molecular formula is C30H32F2N6O2. The Bertz CT molecular complexity index is 1590. The average molecular weight is 547 g/mol. The van der Waals surface area contributed by atoms with E-state index >= 15 is 0 Å². The molecule has 0 radical (unpaired) electrons. The first-order valence-electron chi connectivity index (χ1n) is 14.1. The van der Waals surface area contributed by atoms with Crippen molar-refractivity contribution in [3.05, 3.63) is 65.2 Å². The van der Waals surface area contributed by atoms with E-state index in [1.165, 1.54) is 0 Å². The van der Waals surface area contributed by atoms with Gasteiger partial charge in [-0.15, -0.1) is 0 Å². The standard InChI is InChI=1S/C30H32F2N6O2/c1-19(39)35-11-6-25-24(18-35)30(34-38(25)22-7-13-40-14-8-22)37-10-2-3-21-15-27(23(29(31)32)16-26(21)37)36-12-5-20-4-9-33-17-28(20)36/h4-5,9,12,15-17,22,29H,2-3,6-8,10-11,13-14,18H2,1H3. The van der Waals surface area contributed by atoms with Crippen LogP contribution in [0, 0.1) is 0 Å². The molecule has 0 aliphatic carbocycles. The summed E-state index contributed by atoms with van der Waals surface area (Å²) in [4.78, 5) is 20.5. The van der Waals surface area contributed by atoms with E-state index in [-0.39, 0.29) is 17.5 Å². The number of benzene rings is 1. The van der Waals surface area contributed by atoms with Crippen LogP contribution in [0.3, 0.4) is 0 Å². The highest BCUT2D eigenvalue weighted by molar-refractivity contribution is 5.82. The van der Waals surface area contributed by atoms with Gasteiger partial charge in [-0.2, -0.15) is 5.10 Å². The number of carbonyl (C=O) groups is 1. The lowest BCUT2D eigenvalue weighted by atomic mass is 9.96. The lowest BCUT2D eigenvalue weighted by Crippen LogP contribution is -2.36. The number of aryl methyl sites for hydroxylation is 1. The van der Waals surface area contributed by atoms with Crippen LogP contribution in [0.5, 0.6) is 0 Å². The summed E-state index contributed by atoms with van der Waals surface area (Å²) in [6, 6.07) is 7.62. The largest absolute Gasteiger partial charge is 0.381 e. The molecule has 208 valence electrons. The van der Waals surface area contributed by atoms with E-state index in [1.807, 2.05) is 33.9 Å². The second kappa shape index (κ2) is 9.99. The summed E-state index contributed by atoms with van der Waals surface area (Å²) in [6.07, 6.45) is 6.79. The molecule has 3 aliphatic heterocycles. The van der Waals surface area contributed by atoms with Crippen molar-refractivity contribution >= 4 is 28.3 Å². The Morgan fingerprint density at radius 3 is 2.75 bits per heavy atom. The Morgan fingerprint density at radius 1 is 1.10 bits per heavy atom. The molecule has 0 spiro atoms. The van der Waals surface area contributed by atoms with Gasteiger partial charge in [0.2, 0.25) is 5.91 Å². The molecule has 0 bridgehead atoms. The Morgan fingerprint density at radius 2 is 1.95 bits per heavy atom. The van der Waals surface area contributed by atoms with Crippen molar-refractivity contribution in [2.24, 2.45) is 0 Å². The maximum Gasteiger partial charge on any atom is 0.265 e. The summed E-state index contributed by atoms with van der Waals surface area (Å²) < 4.78 is 38.9. The SMILES string of the molecule is CC(=O)N1CCc2c(c(N3CCCc4cc(-n5ccc6ccncc65)c(C(F)F)cc43)nn2C2CCOCC2)C1. The summed E-state index contributed by atoms with van der Waals surface area (Å²) in [6.45, 7) is 4.82. The van der Waals surface area contributed by atoms with Crippen LogP contribution in [0.25, 0.3) is 16.6 Å². The number of aromatic nitrogens is 4. The lowest BCUT2D eigenvalue weighted by molar-refractivity contribution is -0.129. The number of anilines is 2. The number of halogens is 2. The van der Waals surface area contributed by atoms with Crippen LogP contribution >= 0.6 is 0 Å². The highest BCUT2D eigenvalue weighted by Crippen LogP contribution is 2.42. The van der Waals surface area contributed by atoms with Gasteiger partial charge in [0, 0.05) is 79.9 Å². The molecule has 10 heteroatoms. The van der Waals surface area contributed by atoms with Crippen molar-refractivity contribution in [1.82, 2.24) is 24.2 Å². The topological polar surface area (TPSA) is 68.4 Å². The molecular weight excluding hydrogens is 514 g/mol. The molecule has 6 heterocycles. The maximum atomic E-state index is 14.7. The van der Waals surface area contributed by atoms with Crippen molar-refractivity contribution in [1.29, 1.82) is 0 Å². The van der Waals surface area contributed by atoms with E-state index in [0.29, 0.717) is 38.5 Å². The zero-order valence-electron chi connectivity index (χ0n) is 22.5. The Hall–Kier alpha value is -3.79. The zero-order chi connectivity index (χ0) is 27.4. The zero-order valence-corrected chi connectivity index (χ0v) is 22.5. The number of hydrogen-bond acceptors (Lipinski definition) is 5. The van der Waals surface area contributed by atoms with E-state index < -0.39 is 6.43 Å². The van der Waals surface area contributed by atoms with Crippen molar-refractivity contribution in [3.8, 4) is 5.69 Å². The minimum atomic E-state index is -2.65. The fourth-order valence-electron chi connectivity index (χ4n) is 6.57. The molecule has 3 aliphatic rings.